The van der Waals surface area contributed by atoms with Crippen molar-refractivity contribution in [2.24, 2.45) is 10.8 Å². The molecular weight excluding hydrogens is 246 g/mol. The summed E-state index contributed by atoms with van der Waals surface area (Å²) in [5, 5.41) is 13.4. The van der Waals surface area contributed by atoms with Gasteiger partial charge in [0.05, 0.1) is 0 Å². The van der Waals surface area contributed by atoms with E-state index in [4.69, 9.17) is 0 Å². The van der Waals surface area contributed by atoms with Crippen LogP contribution in [0.25, 0.3) is 0 Å². The maximum atomic E-state index is 9.61. The van der Waals surface area contributed by atoms with Crippen molar-refractivity contribution >= 4 is 0 Å². The predicted molar refractivity (Wildman–Crippen MR) is 84.9 cm³/mol. The van der Waals surface area contributed by atoms with Gasteiger partial charge in [-0.15, -0.1) is 0 Å². The number of phenolic OH excluding ortho intramolecular Hbond substituents is 1. The van der Waals surface area contributed by atoms with E-state index in [2.05, 4.69) is 46.0 Å². The van der Waals surface area contributed by atoms with Gasteiger partial charge in [0.1, 0.15) is 5.75 Å². The minimum atomic E-state index is 0.275. The van der Waals surface area contributed by atoms with Gasteiger partial charge in [0.2, 0.25) is 0 Å². The summed E-state index contributed by atoms with van der Waals surface area (Å²) in [4.78, 5) is 0. The first kappa shape index (κ1) is 15.4. The highest BCUT2D eigenvalue weighted by molar-refractivity contribution is 5.29. The second-order valence-electron chi connectivity index (χ2n) is 8.09. The van der Waals surface area contributed by atoms with Crippen molar-refractivity contribution in [2.75, 3.05) is 0 Å². The first-order chi connectivity index (χ1) is 9.17. The number of phenols is 1. The van der Waals surface area contributed by atoms with Crippen molar-refractivity contribution in [3.63, 3.8) is 0 Å². The minimum absolute atomic E-state index is 0.275. The lowest BCUT2D eigenvalue weighted by Crippen LogP contribution is -2.44. The van der Waals surface area contributed by atoms with Crippen molar-refractivity contribution in [2.45, 2.75) is 66.0 Å². The van der Waals surface area contributed by atoms with Crippen LogP contribution in [0.4, 0.5) is 0 Å². The Morgan fingerprint density at radius 3 is 2.30 bits per heavy atom. The van der Waals surface area contributed by atoms with Gasteiger partial charge in [-0.05, 0) is 54.7 Å². The molecule has 20 heavy (non-hydrogen) atoms. The third-order valence-electron chi connectivity index (χ3n) is 4.41. The molecule has 0 radical (unpaired) electrons. The highest BCUT2D eigenvalue weighted by atomic mass is 16.3. The number of aromatic hydroxyl groups is 1. The smallest absolute Gasteiger partial charge is 0.115 e. The Hall–Kier alpha value is -1.02. The van der Waals surface area contributed by atoms with Crippen molar-refractivity contribution in [1.29, 1.82) is 0 Å². The Morgan fingerprint density at radius 1 is 1.15 bits per heavy atom. The highest BCUT2D eigenvalue weighted by Crippen LogP contribution is 2.46. The van der Waals surface area contributed by atoms with Crippen LogP contribution in [-0.2, 0) is 0 Å². The van der Waals surface area contributed by atoms with Gasteiger partial charge in [-0.1, -0.05) is 39.8 Å². The molecule has 0 aromatic heterocycles. The van der Waals surface area contributed by atoms with Gasteiger partial charge in [0, 0.05) is 12.1 Å². The summed E-state index contributed by atoms with van der Waals surface area (Å²) < 4.78 is 0. The Bertz CT molecular complexity index is 448. The van der Waals surface area contributed by atoms with Gasteiger partial charge in [-0.2, -0.15) is 0 Å². The van der Waals surface area contributed by atoms with Crippen LogP contribution < -0.4 is 5.32 Å². The molecule has 0 amide bonds. The zero-order valence-corrected chi connectivity index (χ0v) is 13.5. The Labute approximate surface area is 123 Å². The molecule has 1 unspecified atom stereocenters. The molecule has 1 aliphatic rings. The quantitative estimate of drug-likeness (QED) is 0.841. The molecule has 0 spiro atoms. The van der Waals surface area contributed by atoms with Crippen LogP contribution in [0.5, 0.6) is 5.75 Å². The molecule has 112 valence electrons. The van der Waals surface area contributed by atoms with E-state index < -0.39 is 0 Å². The summed E-state index contributed by atoms with van der Waals surface area (Å²) in [6.07, 6.45) is 3.73. The molecule has 2 heteroatoms. The highest BCUT2D eigenvalue weighted by Gasteiger charge is 2.38. The fourth-order valence-corrected chi connectivity index (χ4v) is 4.21. The lowest BCUT2D eigenvalue weighted by atomic mass is 9.63. The van der Waals surface area contributed by atoms with E-state index >= 15 is 0 Å². The molecular formula is C18H29NO. The molecule has 1 fully saturated rings. The number of rotatable bonds is 3. The largest absolute Gasteiger partial charge is 0.508 e. The van der Waals surface area contributed by atoms with Crippen LogP contribution in [0.3, 0.4) is 0 Å². The Kier molecular flexibility index (Phi) is 4.15. The molecule has 1 aromatic carbocycles. The first-order valence-electron chi connectivity index (χ1n) is 7.72. The number of nitrogens with one attached hydrogen (secondary N) is 1. The zero-order valence-electron chi connectivity index (χ0n) is 13.5. The maximum absolute atomic E-state index is 9.61. The average Bonchev–Trinajstić information content (AvgIpc) is 2.24. The Balaban J connectivity index is 2.05. The summed E-state index contributed by atoms with van der Waals surface area (Å²) >= 11 is 0. The number of hydrogen-bond acceptors (Lipinski definition) is 2. The summed E-state index contributed by atoms with van der Waals surface area (Å²) in [5.41, 5.74) is 1.96. The maximum Gasteiger partial charge on any atom is 0.115 e. The van der Waals surface area contributed by atoms with Crippen LogP contribution in [0.15, 0.2) is 24.3 Å². The van der Waals surface area contributed by atoms with Gasteiger partial charge in [0.25, 0.3) is 0 Å². The first-order valence-corrected chi connectivity index (χ1v) is 7.72. The van der Waals surface area contributed by atoms with Crippen molar-refractivity contribution in [3.05, 3.63) is 29.8 Å². The molecule has 0 bridgehead atoms. The van der Waals surface area contributed by atoms with E-state index in [1.165, 1.54) is 19.3 Å². The summed E-state index contributed by atoms with van der Waals surface area (Å²) in [6.45, 7) is 11.7. The fourth-order valence-electron chi connectivity index (χ4n) is 4.21. The van der Waals surface area contributed by atoms with Crippen molar-refractivity contribution in [1.82, 2.24) is 5.32 Å². The molecule has 1 aromatic rings. The van der Waals surface area contributed by atoms with E-state index in [1.807, 2.05) is 12.1 Å². The number of benzene rings is 1. The summed E-state index contributed by atoms with van der Waals surface area (Å²) in [6, 6.07) is 8.40. The van der Waals surface area contributed by atoms with Crippen molar-refractivity contribution in [3.8, 4) is 5.75 Å². The van der Waals surface area contributed by atoms with Crippen LogP contribution in [-0.4, -0.2) is 11.1 Å². The van der Waals surface area contributed by atoms with Crippen LogP contribution >= 0.6 is 0 Å². The summed E-state index contributed by atoms with van der Waals surface area (Å²) in [7, 11) is 0. The van der Waals surface area contributed by atoms with Crippen LogP contribution in [0, 0.1) is 10.8 Å². The Morgan fingerprint density at radius 2 is 1.75 bits per heavy atom. The van der Waals surface area contributed by atoms with Crippen LogP contribution in [0.2, 0.25) is 0 Å². The molecule has 2 rings (SSSR count). The van der Waals surface area contributed by atoms with Gasteiger partial charge in [-0.3, -0.25) is 0 Å². The van der Waals surface area contributed by atoms with Gasteiger partial charge >= 0.3 is 0 Å². The third kappa shape index (κ3) is 3.99. The minimum Gasteiger partial charge on any atom is -0.508 e. The molecule has 2 nitrogen and oxygen atoms in total. The molecule has 0 heterocycles. The summed E-state index contributed by atoms with van der Waals surface area (Å²) in [5.74, 6) is 0.348. The normalized spacial score (nSPS) is 23.4. The van der Waals surface area contributed by atoms with Gasteiger partial charge < -0.3 is 10.4 Å². The van der Waals surface area contributed by atoms with Crippen molar-refractivity contribution < 1.29 is 5.11 Å². The molecule has 1 aliphatic carbocycles. The van der Waals surface area contributed by atoms with Crippen LogP contribution in [0.1, 0.15) is 65.5 Å². The molecule has 1 atom stereocenters. The zero-order chi connectivity index (χ0) is 15.0. The predicted octanol–water partition coefficient (Wildman–Crippen LogP) is 4.65. The molecule has 0 saturated heterocycles. The van der Waals surface area contributed by atoms with E-state index in [9.17, 15) is 5.11 Å². The SMILES string of the molecule is CC(NC1CC(C)(C)CC(C)(C)C1)c1cccc(O)c1. The fraction of sp³-hybridized carbons (Fsp3) is 0.667. The monoisotopic (exact) mass is 275 g/mol. The molecule has 0 aliphatic heterocycles. The third-order valence-corrected chi connectivity index (χ3v) is 4.41. The van der Waals surface area contributed by atoms with Gasteiger partial charge in [0.15, 0.2) is 0 Å². The molecule has 2 N–H and O–H groups in total. The van der Waals surface area contributed by atoms with E-state index in [0.29, 0.717) is 22.6 Å². The van der Waals surface area contributed by atoms with E-state index in [1.54, 1.807) is 6.07 Å². The second-order valence-corrected chi connectivity index (χ2v) is 8.09. The second kappa shape index (κ2) is 5.40. The van der Waals surface area contributed by atoms with Gasteiger partial charge in [-0.25, -0.2) is 0 Å². The lowest BCUT2D eigenvalue weighted by molar-refractivity contribution is 0.0811. The van der Waals surface area contributed by atoms with E-state index in [-0.39, 0.29) is 6.04 Å². The number of hydrogen-bond donors (Lipinski definition) is 2. The topological polar surface area (TPSA) is 32.3 Å². The molecule has 1 saturated carbocycles. The standard InChI is InChI=1S/C18H29NO/c1-13(14-7-6-8-16(20)9-14)19-15-10-17(2,3)12-18(4,5)11-15/h6-9,13,15,19-20H,10-12H2,1-5H3. The lowest BCUT2D eigenvalue weighted by Gasteiger charge is -2.46. The average molecular weight is 275 g/mol. The van der Waals surface area contributed by atoms with E-state index in [0.717, 1.165) is 5.56 Å².